The van der Waals surface area contributed by atoms with Crippen LogP contribution in [0.15, 0.2) is 42.6 Å². The summed E-state index contributed by atoms with van der Waals surface area (Å²) < 4.78 is 0. The molecule has 0 aliphatic carbocycles. The molecule has 4 nitrogen and oxygen atoms in total. The van der Waals surface area contributed by atoms with Gasteiger partial charge in [-0.2, -0.15) is 0 Å². The molecule has 4 rings (SSSR count). The summed E-state index contributed by atoms with van der Waals surface area (Å²) in [6.07, 6.45) is 6.42. The summed E-state index contributed by atoms with van der Waals surface area (Å²) in [5.74, 6) is 1.53. The van der Waals surface area contributed by atoms with Gasteiger partial charge in [-0.1, -0.05) is 29.8 Å². The van der Waals surface area contributed by atoms with Gasteiger partial charge in [-0.05, 0) is 50.3 Å². The fourth-order valence-corrected chi connectivity index (χ4v) is 4.13. The maximum Gasteiger partial charge on any atom is 0.254 e. The number of likely N-dealkylation sites (tertiary alicyclic amines) is 1. The molecule has 1 amide bonds. The monoisotopic (exact) mass is 349 g/mol. The van der Waals surface area contributed by atoms with Gasteiger partial charge < -0.3 is 9.80 Å². The molecule has 2 fully saturated rings. The SMILES string of the molecule is Cc1ccc([C@@H]2CCCN(C(=O)c3ccnc(N4CCCC4)c3)C2)cc1. The lowest BCUT2D eigenvalue weighted by Crippen LogP contribution is -2.39. The molecule has 3 heterocycles. The minimum absolute atomic E-state index is 0.143. The zero-order valence-corrected chi connectivity index (χ0v) is 15.5. The highest BCUT2D eigenvalue weighted by Gasteiger charge is 2.26. The average Bonchev–Trinajstić information content (AvgIpc) is 3.23. The summed E-state index contributed by atoms with van der Waals surface area (Å²) >= 11 is 0. The zero-order valence-electron chi connectivity index (χ0n) is 15.5. The third-order valence-corrected chi connectivity index (χ3v) is 5.68. The Morgan fingerprint density at radius 2 is 1.81 bits per heavy atom. The van der Waals surface area contributed by atoms with Crippen molar-refractivity contribution in [1.82, 2.24) is 9.88 Å². The molecule has 0 spiro atoms. The van der Waals surface area contributed by atoms with Crippen molar-refractivity contribution in [2.45, 2.75) is 38.5 Å². The van der Waals surface area contributed by atoms with Gasteiger partial charge in [0.1, 0.15) is 5.82 Å². The molecular weight excluding hydrogens is 322 g/mol. The van der Waals surface area contributed by atoms with Gasteiger partial charge in [0.25, 0.3) is 5.91 Å². The predicted molar refractivity (Wildman–Crippen MR) is 105 cm³/mol. The third kappa shape index (κ3) is 3.59. The van der Waals surface area contributed by atoms with Crippen LogP contribution in [0, 0.1) is 6.92 Å². The summed E-state index contributed by atoms with van der Waals surface area (Å²) in [6.45, 7) is 5.86. The van der Waals surface area contributed by atoms with Gasteiger partial charge in [0.05, 0.1) is 0 Å². The number of rotatable bonds is 3. The molecule has 0 N–H and O–H groups in total. The molecular formula is C22H27N3O. The van der Waals surface area contributed by atoms with Crippen molar-refractivity contribution in [2.24, 2.45) is 0 Å². The van der Waals surface area contributed by atoms with Crippen molar-refractivity contribution in [3.63, 3.8) is 0 Å². The topological polar surface area (TPSA) is 36.4 Å². The van der Waals surface area contributed by atoms with Gasteiger partial charge in [-0.25, -0.2) is 4.98 Å². The molecule has 1 atom stereocenters. The number of hydrogen-bond donors (Lipinski definition) is 0. The summed E-state index contributed by atoms with van der Waals surface area (Å²) in [6, 6.07) is 12.6. The van der Waals surface area contributed by atoms with Crippen molar-refractivity contribution in [3.8, 4) is 0 Å². The molecule has 4 heteroatoms. The van der Waals surface area contributed by atoms with E-state index in [0.29, 0.717) is 5.92 Å². The van der Waals surface area contributed by atoms with Crippen LogP contribution in [0.4, 0.5) is 5.82 Å². The van der Waals surface area contributed by atoms with Crippen LogP contribution >= 0.6 is 0 Å². The number of carbonyl (C=O) groups excluding carboxylic acids is 1. The Balaban J connectivity index is 1.49. The first-order chi connectivity index (χ1) is 12.7. The number of aryl methyl sites for hydroxylation is 1. The standard InChI is InChI=1S/C22H27N3O/c1-17-6-8-18(9-7-17)20-5-4-14-25(16-20)22(26)19-10-11-23-21(15-19)24-12-2-3-13-24/h6-11,15,20H,2-5,12-14,16H2,1H3/t20-/m1/s1. The lowest BCUT2D eigenvalue weighted by molar-refractivity contribution is 0.0707. The van der Waals surface area contributed by atoms with Crippen LogP contribution in [0.1, 0.15) is 53.1 Å². The van der Waals surface area contributed by atoms with E-state index in [1.807, 2.05) is 17.0 Å². The Morgan fingerprint density at radius 1 is 1.04 bits per heavy atom. The number of piperidine rings is 1. The number of amides is 1. The van der Waals surface area contributed by atoms with E-state index in [-0.39, 0.29) is 5.91 Å². The van der Waals surface area contributed by atoms with E-state index in [4.69, 9.17) is 0 Å². The molecule has 0 bridgehead atoms. The second-order valence-electron chi connectivity index (χ2n) is 7.60. The molecule has 1 aromatic heterocycles. The van der Waals surface area contributed by atoms with Gasteiger partial charge in [0, 0.05) is 43.9 Å². The number of hydrogen-bond acceptors (Lipinski definition) is 3. The highest BCUT2D eigenvalue weighted by Crippen LogP contribution is 2.28. The number of carbonyl (C=O) groups is 1. The maximum absolute atomic E-state index is 13.1. The van der Waals surface area contributed by atoms with Crippen LogP contribution < -0.4 is 4.90 Å². The molecule has 26 heavy (non-hydrogen) atoms. The predicted octanol–water partition coefficient (Wildman–Crippen LogP) is 4.01. The summed E-state index contributed by atoms with van der Waals surface area (Å²) in [7, 11) is 0. The Hall–Kier alpha value is -2.36. The van der Waals surface area contributed by atoms with Gasteiger partial charge in [0.15, 0.2) is 0 Å². The molecule has 1 aromatic carbocycles. The molecule has 136 valence electrons. The first-order valence-electron chi connectivity index (χ1n) is 9.77. The van der Waals surface area contributed by atoms with E-state index in [2.05, 4.69) is 41.1 Å². The number of anilines is 1. The first-order valence-corrected chi connectivity index (χ1v) is 9.77. The number of nitrogens with zero attached hydrogens (tertiary/aromatic N) is 3. The first kappa shape index (κ1) is 17.1. The number of aromatic nitrogens is 1. The zero-order chi connectivity index (χ0) is 17.9. The highest BCUT2D eigenvalue weighted by atomic mass is 16.2. The Labute approximate surface area is 155 Å². The molecule has 2 aromatic rings. The van der Waals surface area contributed by atoms with Gasteiger partial charge >= 0.3 is 0 Å². The van der Waals surface area contributed by atoms with Crippen molar-refractivity contribution in [1.29, 1.82) is 0 Å². The fourth-order valence-electron chi connectivity index (χ4n) is 4.13. The van der Waals surface area contributed by atoms with E-state index in [9.17, 15) is 4.79 Å². The van der Waals surface area contributed by atoms with E-state index < -0.39 is 0 Å². The Kier molecular flexibility index (Phi) is 4.91. The van der Waals surface area contributed by atoms with Crippen molar-refractivity contribution < 1.29 is 4.79 Å². The van der Waals surface area contributed by atoms with E-state index in [1.165, 1.54) is 24.0 Å². The minimum Gasteiger partial charge on any atom is -0.357 e. The normalized spacial score (nSPS) is 20.4. The molecule has 0 saturated carbocycles. The number of benzene rings is 1. The molecule has 2 saturated heterocycles. The molecule has 2 aliphatic heterocycles. The van der Waals surface area contributed by atoms with Crippen LogP contribution in [0.2, 0.25) is 0 Å². The smallest absolute Gasteiger partial charge is 0.254 e. The van der Waals surface area contributed by atoms with E-state index in [1.54, 1.807) is 6.20 Å². The second kappa shape index (κ2) is 7.48. The largest absolute Gasteiger partial charge is 0.357 e. The van der Waals surface area contributed by atoms with Crippen LogP contribution in [0.5, 0.6) is 0 Å². The van der Waals surface area contributed by atoms with Crippen molar-refractivity contribution >= 4 is 11.7 Å². The fraction of sp³-hybridized carbons (Fsp3) is 0.455. The van der Waals surface area contributed by atoms with Crippen molar-refractivity contribution in [2.75, 3.05) is 31.1 Å². The molecule has 2 aliphatic rings. The molecule has 0 radical (unpaired) electrons. The van der Waals surface area contributed by atoms with Crippen LogP contribution in [-0.2, 0) is 0 Å². The Morgan fingerprint density at radius 3 is 2.58 bits per heavy atom. The minimum atomic E-state index is 0.143. The van der Waals surface area contributed by atoms with Gasteiger partial charge in [0.2, 0.25) is 0 Å². The van der Waals surface area contributed by atoms with Crippen molar-refractivity contribution in [3.05, 3.63) is 59.3 Å². The van der Waals surface area contributed by atoms with E-state index in [0.717, 1.165) is 50.4 Å². The quantitative estimate of drug-likeness (QED) is 0.840. The Bertz CT molecular complexity index is 765. The van der Waals surface area contributed by atoms with Gasteiger partial charge in [-0.15, -0.1) is 0 Å². The third-order valence-electron chi connectivity index (χ3n) is 5.68. The van der Waals surface area contributed by atoms with Crippen LogP contribution in [-0.4, -0.2) is 42.0 Å². The summed E-state index contributed by atoms with van der Waals surface area (Å²) in [5, 5.41) is 0. The average molecular weight is 349 g/mol. The highest BCUT2D eigenvalue weighted by molar-refractivity contribution is 5.95. The summed E-state index contributed by atoms with van der Waals surface area (Å²) in [4.78, 5) is 21.9. The lowest BCUT2D eigenvalue weighted by atomic mass is 9.90. The second-order valence-corrected chi connectivity index (χ2v) is 7.60. The lowest BCUT2D eigenvalue weighted by Gasteiger charge is -2.33. The maximum atomic E-state index is 13.1. The number of pyridine rings is 1. The molecule has 0 unspecified atom stereocenters. The van der Waals surface area contributed by atoms with Crippen LogP contribution in [0.3, 0.4) is 0 Å². The van der Waals surface area contributed by atoms with Gasteiger partial charge in [-0.3, -0.25) is 4.79 Å². The summed E-state index contributed by atoms with van der Waals surface area (Å²) in [5.41, 5.74) is 3.40. The van der Waals surface area contributed by atoms with E-state index >= 15 is 0 Å². The van der Waals surface area contributed by atoms with Crippen LogP contribution in [0.25, 0.3) is 0 Å².